The van der Waals surface area contributed by atoms with Gasteiger partial charge in [-0.3, -0.25) is 0 Å². The molecule has 0 spiro atoms. The van der Waals surface area contributed by atoms with Crippen molar-refractivity contribution in [2.45, 2.75) is 13.1 Å². The quantitative estimate of drug-likeness (QED) is 0.461. The monoisotopic (exact) mass is 123 g/mol. The van der Waals surface area contributed by atoms with E-state index >= 15 is 0 Å². The predicted octanol–water partition coefficient (Wildman–Crippen LogP) is 0.200. The SMILES string of the molecule is Nc1[nH]cc2c1CNC2. The van der Waals surface area contributed by atoms with E-state index < -0.39 is 0 Å². The maximum Gasteiger partial charge on any atom is 0.105 e. The molecular weight excluding hydrogens is 114 g/mol. The van der Waals surface area contributed by atoms with E-state index in [0.717, 1.165) is 18.9 Å². The van der Waals surface area contributed by atoms with Crippen LogP contribution >= 0.6 is 0 Å². The van der Waals surface area contributed by atoms with Crippen LogP contribution < -0.4 is 11.1 Å². The van der Waals surface area contributed by atoms with Crippen LogP contribution in [0.4, 0.5) is 5.82 Å². The van der Waals surface area contributed by atoms with Crippen LogP contribution in [0, 0.1) is 0 Å². The van der Waals surface area contributed by atoms with E-state index in [-0.39, 0.29) is 0 Å². The van der Waals surface area contributed by atoms with Gasteiger partial charge in [-0.05, 0) is 5.56 Å². The third-order valence-electron chi connectivity index (χ3n) is 1.73. The largest absolute Gasteiger partial charge is 0.385 e. The molecule has 4 N–H and O–H groups in total. The number of anilines is 1. The second-order valence-corrected chi connectivity index (χ2v) is 2.31. The second kappa shape index (κ2) is 1.51. The Hall–Kier alpha value is -0.960. The lowest BCUT2D eigenvalue weighted by Gasteiger charge is -1.89. The number of nitrogen functional groups attached to an aromatic ring is 1. The summed E-state index contributed by atoms with van der Waals surface area (Å²) >= 11 is 0. The molecule has 0 bridgehead atoms. The molecule has 1 aliphatic heterocycles. The molecule has 0 saturated heterocycles. The van der Waals surface area contributed by atoms with Crippen molar-refractivity contribution in [1.82, 2.24) is 10.3 Å². The summed E-state index contributed by atoms with van der Waals surface area (Å²) in [4.78, 5) is 2.98. The topological polar surface area (TPSA) is 53.8 Å². The number of fused-ring (bicyclic) bond motifs is 1. The molecule has 2 rings (SSSR count). The number of H-pyrrole nitrogens is 1. The number of nitrogens with two attached hydrogens (primary N) is 1. The van der Waals surface area contributed by atoms with Crippen molar-refractivity contribution < 1.29 is 0 Å². The molecule has 0 saturated carbocycles. The Morgan fingerprint density at radius 2 is 2.33 bits per heavy atom. The highest BCUT2D eigenvalue weighted by Gasteiger charge is 2.13. The van der Waals surface area contributed by atoms with E-state index in [9.17, 15) is 0 Å². The molecule has 3 nitrogen and oxygen atoms in total. The molecule has 0 amide bonds. The molecule has 9 heavy (non-hydrogen) atoms. The van der Waals surface area contributed by atoms with Crippen LogP contribution in [-0.4, -0.2) is 4.98 Å². The van der Waals surface area contributed by atoms with Gasteiger partial charge in [0.2, 0.25) is 0 Å². The smallest absolute Gasteiger partial charge is 0.105 e. The first-order valence-electron chi connectivity index (χ1n) is 3.03. The molecule has 0 aromatic carbocycles. The summed E-state index contributed by atoms with van der Waals surface area (Å²) in [5.74, 6) is 0.815. The summed E-state index contributed by atoms with van der Waals surface area (Å²) < 4.78 is 0. The molecule has 1 aromatic rings. The number of hydrogen-bond donors (Lipinski definition) is 3. The third kappa shape index (κ3) is 0.549. The van der Waals surface area contributed by atoms with Gasteiger partial charge in [-0.15, -0.1) is 0 Å². The fourth-order valence-electron chi connectivity index (χ4n) is 1.20. The number of aromatic nitrogens is 1. The maximum absolute atomic E-state index is 5.60. The van der Waals surface area contributed by atoms with Crippen molar-refractivity contribution >= 4 is 5.82 Å². The van der Waals surface area contributed by atoms with Gasteiger partial charge in [0.25, 0.3) is 0 Å². The number of rotatable bonds is 0. The molecule has 0 unspecified atom stereocenters. The van der Waals surface area contributed by atoms with Crippen LogP contribution in [0.3, 0.4) is 0 Å². The lowest BCUT2D eigenvalue weighted by molar-refractivity contribution is 0.760. The Morgan fingerprint density at radius 1 is 1.44 bits per heavy atom. The van der Waals surface area contributed by atoms with Gasteiger partial charge < -0.3 is 16.0 Å². The van der Waals surface area contributed by atoms with Crippen molar-refractivity contribution in [2.24, 2.45) is 0 Å². The minimum atomic E-state index is 0.815. The molecule has 2 heterocycles. The summed E-state index contributed by atoms with van der Waals surface area (Å²) in [5, 5.41) is 3.21. The van der Waals surface area contributed by atoms with Crippen LogP contribution in [0.1, 0.15) is 11.1 Å². The molecule has 0 fully saturated rings. The van der Waals surface area contributed by atoms with E-state index in [0.29, 0.717) is 0 Å². The fourth-order valence-corrected chi connectivity index (χ4v) is 1.20. The molecule has 3 heteroatoms. The van der Waals surface area contributed by atoms with Crippen molar-refractivity contribution in [3.63, 3.8) is 0 Å². The van der Waals surface area contributed by atoms with Gasteiger partial charge in [0.1, 0.15) is 5.82 Å². The highest BCUT2D eigenvalue weighted by atomic mass is 14.9. The minimum Gasteiger partial charge on any atom is -0.385 e. The Kier molecular flexibility index (Phi) is 0.818. The fraction of sp³-hybridized carbons (Fsp3) is 0.333. The maximum atomic E-state index is 5.60. The van der Waals surface area contributed by atoms with Crippen molar-refractivity contribution in [3.05, 3.63) is 17.3 Å². The first kappa shape index (κ1) is 4.88. The summed E-state index contributed by atoms with van der Waals surface area (Å²) in [6.07, 6.45) is 1.96. The van der Waals surface area contributed by atoms with E-state index in [4.69, 9.17) is 5.73 Å². The van der Waals surface area contributed by atoms with Gasteiger partial charge in [-0.2, -0.15) is 0 Å². The van der Waals surface area contributed by atoms with Gasteiger partial charge in [-0.1, -0.05) is 0 Å². The average Bonchev–Trinajstić information content (AvgIpc) is 2.35. The van der Waals surface area contributed by atoms with Gasteiger partial charge in [-0.25, -0.2) is 0 Å². The zero-order valence-electron chi connectivity index (χ0n) is 5.07. The Balaban J connectivity index is 2.56. The third-order valence-corrected chi connectivity index (χ3v) is 1.73. The Morgan fingerprint density at radius 3 is 3.11 bits per heavy atom. The molecule has 0 radical (unpaired) electrons. The summed E-state index contributed by atoms with van der Waals surface area (Å²) in [5.41, 5.74) is 8.15. The predicted molar refractivity (Wildman–Crippen MR) is 35.7 cm³/mol. The van der Waals surface area contributed by atoms with Crippen molar-refractivity contribution in [1.29, 1.82) is 0 Å². The summed E-state index contributed by atoms with van der Waals surface area (Å²) in [7, 11) is 0. The molecule has 0 aliphatic carbocycles. The number of nitrogens with one attached hydrogen (secondary N) is 2. The first-order valence-corrected chi connectivity index (χ1v) is 3.03. The highest BCUT2D eigenvalue weighted by Crippen LogP contribution is 2.19. The van der Waals surface area contributed by atoms with Crippen molar-refractivity contribution in [2.75, 3.05) is 5.73 Å². The molecule has 0 atom stereocenters. The molecule has 1 aromatic heterocycles. The van der Waals surface area contributed by atoms with Crippen LogP contribution in [0.2, 0.25) is 0 Å². The van der Waals surface area contributed by atoms with Crippen LogP contribution in [0.15, 0.2) is 6.20 Å². The van der Waals surface area contributed by atoms with Crippen LogP contribution in [0.25, 0.3) is 0 Å². The second-order valence-electron chi connectivity index (χ2n) is 2.31. The Labute approximate surface area is 53.3 Å². The van der Waals surface area contributed by atoms with E-state index in [1.54, 1.807) is 0 Å². The lowest BCUT2D eigenvalue weighted by atomic mass is 10.2. The molecule has 1 aliphatic rings. The van der Waals surface area contributed by atoms with Gasteiger partial charge in [0.15, 0.2) is 0 Å². The van der Waals surface area contributed by atoms with E-state index in [2.05, 4.69) is 10.3 Å². The minimum absolute atomic E-state index is 0.815. The zero-order chi connectivity index (χ0) is 6.27. The first-order chi connectivity index (χ1) is 4.38. The van der Waals surface area contributed by atoms with Crippen LogP contribution in [0.5, 0.6) is 0 Å². The average molecular weight is 123 g/mol. The van der Waals surface area contributed by atoms with E-state index in [1.165, 1.54) is 11.1 Å². The number of hydrogen-bond acceptors (Lipinski definition) is 2. The summed E-state index contributed by atoms with van der Waals surface area (Å²) in [6, 6.07) is 0. The van der Waals surface area contributed by atoms with Crippen molar-refractivity contribution in [3.8, 4) is 0 Å². The summed E-state index contributed by atoms with van der Waals surface area (Å²) in [6.45, 7) is 1.88. The highest BCUT2D eigenvalue weighted by molar-refractivity contribution is 5.47. The normalized spacial score (nSPS) is 16.0. The standard InChI is InChI=1S/C6H9N3/c7-6-5-3-8-1-4(5)2-9-6/h2,8-9H,1,3,7H2. The van der Waals surface area contributed by atoms with Crippen LogP contribution in [-0.2, 0) is 13.1 Å². The van der Waals surface area contributed by atoms with Gasteiger partial charge in [0, 0.05) is 24.8 Å². The zero-order valence-corrected chi connectivity index (χ0v) is 5.07. The van der Waals surface area contributed by atoms with E-state index in [1.807, 2.05) is 6.20 Å². The number of aromatic amines is 1. The molecular formula is C6H9N3. The van der Waals surface area contributed by atoms with Gasteiger partial charge >= 0.3 is 0 Å². The van der Waals surface area contributed by atoms with Gasteiger partial charge in [0.05, 0.1) is 0 Å². The Bertz CT molecular complexity index is 226. The lowest BCUT2D eigenvalue weighted by Crippen LogP contribution is -2.02. The molecule has 48 valence electrons.